The molecule has 0 aliphatic rings. The van der Waals surface area contributed by atoms with Crippen molar-refractivity contribution in [1.29, 1.82) is 5.26 Å². The molecule has 0 saturated carbocycles. The molecule has 1 aromatic rings. The van der Waals surface area contributed by atoms with Gasteiger partial charge in [0.2, 0.25) is 0 Å². The molecule has 0 aromatic heterocycles. The van der Waals surface area contributed by atoms with Gasteiger partial charge in [-0.1, -0.05) is 19.9 Å². The third-order valence-electron chi connectivity index (χ3n) is 2.89. The van der Waals surface area contributed by atoms with Crippen LogP contribution in [0.2, 0.25) is 0 Å². The minimum atomic E-state index is -0.288. The second kappa shape index (κ2) is 6.51. The summed E-state index contributed by atoms with van der Waals surface area (Å²) in [6.07, 6.45) is 0. The summed E-state index contributed by atoms with van der Waals surface area (Å²) >= 11 is 0. The summed E-state index contributed by atoms with van der Waals surface area (Å²) in [5, 5.41) is 8.71. The lowest BCUT2D eigenvalue weighted by atomic mass is 10.1. The Kier molecular flexibility index (Phi) is 5.30. The van der Waals surface area contributed by atoms with Gasteiger partial charge in [-0.05, 0) is 31.9 Å². The van der Waals surface area contributed by atoms with E-state index in [0.29, 0.717) is 29.6 Å². The fraction of sp³-hybridized carbons (Fsp3) is 0.533. The molecule has 0 fully saturated rings. The van der Waals surface area contributed by atoms with Crippen molar-refractivity contribution in [3.8, 4) is 6.07 Å². The summed E-state index contributed by atoms with van der Waals surface area (Å²) in [5.41, 5.74) is 1.03. The Bertz CT molecular complexity index is 433. The van der Waals surface area contributed by atoms with E-state index in [9.17, 15) is 4.39 Å². The van der Waals surface area contributed by atoms with Crippen molar-refractivity contribution in [1.82, 2.24) is 4.90 Å². The predicted molar refractivity (Wildman–Crippen MR) is 71.5 cm³/mol. The summed E-state index contributed by atoms with van der Waals surface area (Å²) in [6.45, 7) is 10.1. The number of rotatable bonds is 5. The normalized spacial score (nSPS) is 11.3. The predicted octanol–water partition coefficient (Wildman–Crippen LogP) is 3.56. The van der Waals surface area contributed by atoms with Gasteiger partial charge in [0, 0.05) is 24.7 Å². The Hall–Kier alpha value is -1.40. The minimum absolute atomic E-state index is 0.288. The maximum Gasteiger partial charge on any atom is 0.129 e. The molecule has 0 spiro atoms. The standard InChI is InChI=1S/C15H21FN2/c1-11(2)9-18(12(3)4)10-14-6-5-13(8-17)7-15(14)16/h5-7,11-12H,9-10H2,1-4H3. The maximum atomic E-state index is 13.8. The molecule has 0 aliphatic heterocycles. The van der Waals surface area contributed by atoms with E-state index in [1.807, 2.05) is 6.07 Å². The van der Waals surface area contributed by atoms with Crippen LogP contribution in [0.5, 0.6) is 0 Å². The average Bonchev–Trinajstić information content (AvgIpc) is 2.29. The first-order valence-corrected chi connectivity index (χ1v) is 6.36. The molecule has 0 radical (unpaired) electrons. The lowest BCUT2D eigenvalue weighted by Gasteiger charge is -2.28. The van der Waals surface area contributed by atoms with Crippen molar-refractivity contribution < 1.29 is 4.39 Å². The smallest absolute Gasteiger partial charge is 0.129 e. The average molecular weight is 248 g/mol. The van der Waals surface area contributed by atoms with Gasteiger partial charge in [-0.2, -0.15) is 5.26 Å². The molecular weight excluding hydrogens is 227 g/mol. The maximum absolute atomic E-state index is 13.8. The molecule has 0 N–H and O–H groups in total. The Labute approximate surface area is 109 Å². The molecule has 0 heterocycles. The Morgan fingerprint density at radius 2 is 1.94 bits per heavy atom. The number of nitrogens with zero attached hydrogens (tertiary/aromatic N) is 2. The van der Waals surface area contributed by atoms with Gasteiger partial charge in [-0.25, -0.2) is 4.39 Å². The van der Waals surface area contributed by atoms with Crippen LogP contribution < -0.4 is 0 Å². The van der Waals surface area contributed by atoms with Gasteiger partial charge in [0.1, 0.15) is 5.82 Å². The zero-order valence-electron chi connectivity index (χ0n) is 11.6. The lowest BCUT2D eigenvalue weighted by molar-refractivity contribution is 0.187. The fourth-order valence-corrected chi connectivity index (χ4v) is 1.89. The molecule has 1 aromatic carbocycles. The van der Waals surface area contributed by atoms with Gasteiger partial charge >= 0.3 is 0 Å². The van der Waals surface area contributed by atoms with Gasteiger partial charge in [0.05, 0.1) is 11.6 Å². The van der Waals surface area contributed by atoms with Crippen molar-refractivity contribution in [3.05, 3.63) is 35.1 Å². The number of hydrogen-bond donors (Lipinski definition) is 0. The van der Waals surface area contributed by atoms with Crippen LogP contribution >= 0.6 is 0 Å². The van der Waals surface area contributed by atoms with Crippen molar-refractivity contribution in [2.45, 2.75) is 40.3 Å². The molecule has 0 bridgehead atoms. The topological polar surface area (TPSA) is 27.0 Å². The summed E-state index contributed by atoms with van der Waals surface area (Å²) in [5.74, 6) is 0.261. The second-order valence-electron chi connectivity index (χ2n) is 5.34. The van der Waals surface area contributed by atoms with Crippen LogP contribution in [0.4, 0.5) is 4.39 Å². The first-order valence-electron chi connectivity index (χ1n) is 6.36. The summed E-state index contributed by atoms with van der Waals surface area (Å²) in [7, 11) is 0. The molecule has 0 aliphatic carbocycles. The highest BCUT2D eigenvalue weighted by Gasteiger charge is 2.14. The van der Waals surface area contributed by atoms with E-state index in [0.717, 1.165) is 6.54 Å². The quantitative estimate of drug-likeness (QED) is 0.796. The van der Waals surface area contributed by atoms with Gasteiger partial charge in [-0.3, -0.25) is 4.90 Å². The first-order chi connectivity index (χ1) is 8.43. The molecule has 1 rings (SSSR count). The van der Waals surface area contributed by atoms with Gasteiger partial charge in [0.25, 0.3) is 0 Å². The lowest BCUT2D eigenvalue weighted by Crippen LogP contribution is -2.33. The Balaban J connectivity index is 2.84. The Morgan fingerprint density at radius 1 is 1.28 bits per heavy atom. The van der Waals surface area contributed by atoms with E-state index in [-0.39, 0.29) is 5.82 Å². The minimum Gasteiger partial charge on any atom is -0.296 e. The van der Waals surface area contributed by atoms with E-state index in [1.165, 1.54) is 6.07 Å². The molecule has 0 amide bonds. The van der Waals surface area contributed by atoms with Gasteiger partial charge < -0.3 is 0 Å². The molecule has 0 unspecified atom stereocenters. The number of halogens is 1. The van der Waals surface area contributed by atoms with E-state index >= 15 is 0 Å². The van der Waals surface area contributed by atoms with Crippen LogP contribution in [-0.2, 0) is 6.54 Å². The molecule has 0 saturated heterocycles. The Morgan fingerprint density at radius 3 is 2.39 bits per heavy atom. The number of nitriles is 1. The van der Waals surface area contributed by atoms with Crippen LogP contribution in [0, 0.1) is 23.1 Å². The van der Waals surface area contributed by atoms with Crippen LogP contribution in [0.1, 0.15) is 38.8 Å². The number of benzene rings is 1. The number of hydrogen-bond acceptors (Lipinski definition) is 2. The van der Waals surface area contributed by atoms with Gasteiger partial charge in [-0.15, -0.1) is 0 Å². The first kappa shape index (κ1) is 14.7. The van der Waals surface area contributed by atoms with Crippen LogP contribution in [-0.4, -0.2) is 17.5 Å². The monoisotopic (exact) mass is 248 g/mol. The molecular formula is C15H21FN2. The van der Waals surface area contributed by atoms with Crippen molar-refractivity contribution in [2.24, 2.45) is 5.92 Å². The SMILES string of the molecule is CC(C)CN(Cc1ccc(C#N)cc1F)C(C)C. The van der Waals surface area contributed by atoms with E-state index < -0.39 is 0 Å². The van der Waals surface area contributed by atoms with E-state index in [4.69, 9.17) is 5.26 Å². The highest BCUT2D eigenvalue weighted by atomic mass is 19.1. The highest BCUT2D eigenvalue weighted by Crippen LogP contribution is 2.15. The van der Waals surface area contributed by atoms with E-state index in [2.05, 4.69) is 32.6 Å². The van der Waals surface area contributed by atoms with Crippen molar-refractivity contribution >= 4 is 0 Å². The van der Waals surface area contributed by atoms with Crippen molar-refractivity contribution in [2.75, 3.05) is 6.54 Å². The largest absolute Gasteiger partial charge is 0.296 e. The third-order valence-corrected chi connectivity index (χ3v) is 2.89. The molecule has 98 valence electrons. The molecule has 2 nitrogen and oxygen atoms in total. The zero-order chi connectivity index (χ0) is 13.7. The molecule has 0 atom stereocenters. The van der Waals surface area contributed by atoms with E-state index in [1.54, 1.807) is 12.1 Å². The van der Waals surface area contributed by atoms with Crippen LogP contribution in [0.25, 0.3) is 0 Å². The zero-order valence-corrected chi connectivity index (χ0v) is 11.6. The van der Waals surface area contributed by atoms with Crippen LogP contribution in [0.3, 0.4) is 0 Å². The summed E-state index contributed by atoms with van der Waals surface area (Å²) in [6, 6.07) is 7.02. The molecule has 18 heavy (non-hydrogen) atoms. The highest BCUT2D eigenvalue weighted by molar-refractivity contribution is 5.32. The van der Waals surface area contributed by atoms with Gasteiger partial charge in [0.15, 0.2) is 0 Å². The fourth-order valence-electron chi connectivity index (χ4n) is 1.89. The van der Waals surface area contributed by atoms with Crippen molar-refractivity contribution in [3.63, 3.8) is 0 Å². The second-order valence-corrected chi connectivity index (χ2v) is 5.34. The third kappa shape index (κ3) is 4.12. The summed E-state index contributed by atoms with van der Waals surface area (Å²) in [4.78, 5) is 2.25. The summed E-state index contributed by atoms with van der Waals surface area (Å²) < 4.78 is 13.8. The van der Waals surface area contributed by atoms with Crippen LogP contribution in [0.15, 0.2) is 18.2 Å². The molecule has 3 heteroatoms.